The SMILES string of the molecule is CS(=O)(=O)c1ccc(-n2cncc2-c2ccc(Cl)cc2Cl)nc1. The molecule has 5 nitrogen and oxygen atoms in total. The molecule has 0 fully saturated rings. The standard InChI is InChI=1S/C15H11Cl2N3O2S/c1-23(21,22)11-3-5-15(19-7-11)20-9-18-8-14(20)12-4-2-10(16)6-13(12)17/h2-9H,1H3. The fourth-order valence-electron chi connectivity index (χ4n) is 2.11. The summed E-state index contributed by atoms with van der Waals surface area (Å²) in [6.07, 6.45) is 5.70. The van der Waals surface area contributed by atoms with Crippen molar-refractivity contribution in [2.24, 2.45) is 0 Å². The van der Waals surface area contributed by atoms with E-state index in [1.54, 1.807) is 41.4 Å². The van der Waals surface area contributed by atoms with Crippen LogP contribution in [0.25, 0.3) is 17.1 Å². The van der Waals surface area contributed by atoms with Crippen molar-refractivity contribution < 1.29 is 8.42 Å². The van der Waals surface area contributed by atoms with E-state index < -0.39 is 9.84 Å². The minimum absolute atomic E-state index is 0.160. The fourth-order valence-corrected chi connectivity index (χ4v) is 3.17. The molecule has 0 radical (unpaired) electrons. The Hall–Kier alpha value is -1.89. The average Bonchev–Trinajstić information content (AvgIpc) is 2.95. The third-order valence-corrected chi connectivity index (χ3v) is 4.89. The van der Waals surface area contributed by atoms with Crippen LogP contribution >= 0.6 is 23.2 Å². The number of pyridine rings is 1. The summed E-state index contributed by atoms with van der Waals surface area (Å²) in [5.41, 5.74) is 1.48. The van der Waals surface area contributed by atoms with Gasteiger partial charge in [-0.25, -0.2) is 18.4 Å². The molecule has 0 amide bonds. The van der Waals surface area contributed by atoms with Crippen LogP contribution in [0.3, 0.4) is 0 Å². The highest BCUT2D eigenvalue weighted by Crippen LogP contribution is 2.31. The number of halogens is 2. The van der Waals surface area contributed by atoms with Gasteiger partial charge in [-0.3, -0.25) is 4.57 Å². The van der Waals surface area contributed by atoms with E-state index in [1.165, 1.54) is 12.3 Å². The van der Waals surface area contributed by atoms with Gasteiger partial charge in [-0.05, 0) is 30.3 Å². The highest BCUT2D eigenvalue weighted by molar-refractivity contribution is 7.90. The molecule has 2 aromatic heterocycles. The first-order valence-electron chi connectivity index (χ1n) is 6.50. The van der Waals surface area contributed by atoms with Crippen LogP contribution in [0.5, 0.6) is 0 Å². The first kappa shape index (κ1) is 16.0. The zero-order chi connectivity index (χ0) is 16.6. The lowest BCUT2D eigenvalue weighted by Crippen LogP contribution is -2.02. The lowest BCUT2D eigenvalue weighted by atomic mass is 10.1. The maximum Gasteiger partial charge on any atom is 0.177 e. The Morgan fingerprint density at radius 1 is 1.09 bits per heavy atom. The molecule has 1 aromatic carbocycles. The summed E-state index contributed by atoms with van der Waals surface area (Å²) in [7, 11) is -3.29. The summed E-state index contributed by atoms with van der Waals surface area (Å²) < 4.78 is 24.7. The van der Waals surface area contributed by atoms with Crippen molar-refractivity contribution >= 4 is 33.0 Å². The molecule has 118 valence electrons. The van der Waals surface area contributed by atoms with Crippen LogP contribution in [-0.4, -0.2) is 29.2 Å². The smallest absolute Gasteiger partial charge is 0.177 e. The minimum Gasteiger partial charge on any atom is -0.283 e. The second-order valence-electron chi connectivity index (χ2n) is 4.90. The second kappa shape index (κ2) is 5.96. The number of sulfone groups is 1. The monoisotopic (exact) mass is 367 g/mol. The Kier molecular flexibility index (Phi) is 4.14. The number of rotatable bonds is 3. The van der Waals surface area contributed by atoms with Gasteiger partial charge in [0.05, 0.1) is 21.8 Å². The van der Waals surface area contributed by atoms with Gasteiger partial charge in [0.15, 0.2) is 9.84 Å². The number of hydrogen-bond donors (Lipinski definition) is 0. The Morgan fingerprint density at radius 3 is 2.48 bits per heavy atom. The van der Waals surface area contributed by atoms with Crippen LogP contribution in [0.4, 0.5) is 0 Å². The molecule has 0 saturated heterocycles. The largest absolute Gasteiger partial charge is 0.283 e. The third-order valence-electron chi connectivity index (χ3n) is 3.24. The molecule has 0 saturated carbocycles. The van der Waals surface area contributed by atoms with Gasteiger partial charge in [0.25, 0.3) is 0 Å². The van der Waals surface area contributed by atoms with Gasteiger partial charge in [-0.15, -0.1) is 0 Å². The quantitative estimate of drug-likeness (QED) is 0.708. The van der Waals surface area contributed by atoms with E-state index in [0.717, 1.165) is 17.5 Å². The van der Waals surface area contributed by atoms with E-state index in [0.29, 0.717) is 15.9 Å². The summed E-state index contributed by atoms with van der Waals surface area (Å²) in [6.45, 7) is 0. The average molecular weight is 368 g/mol. The Balaban J connectivity index is 2.08. The highest BCUT2D eigenvalue weighted by Gasteiger charge is 2.13. The van der Waals surface area contributed by atoms with Crippen LogP contribution in [0.2, 0.25) is 10.0 Å². The predicted octanol–water partition coefficient (Wildman–Crippen LogP) is 3.64. The molecule has 2 heterocycles. The number of aromatic nitrogens is 3. The first-order valence-corrected chi connectivity index (χ1v) is 9.15. The molecule has 3 aromatic rings. The molecule has 23 heavy (non-hydrogen) atoms. The first-order chi connectivity index (χ1) is 10.9. The zero-order valence-corrected chi connectivity index (χ0v) is 14.3. The van der Waals surface area contributed by atoms with Crippen LogP contribution < -0.4 is 0 Å². The maximum atomic E-state index is 11.5. The summed E-state index contributed by atoms with van der Waals surface area (Å²) >= 11 is 12.2. The fraction of sp³-hybridized carbons (Fsp3) is 0.0667. The van der Waals surface area contributed by atoms with Crippen LogP contribution in [-0.2, 0) is 9.84 Å². The Bertz CT molecular complexity index is 967. The van der Waals surface area contributed by atoms with Gasteiger partial charge in [-0.1, -0.05) is 23.2 Å². The van der Waals surface area contributed by atoms with Crippen molar-refractivity contribution in [2.45, 2.75) is 4.90 Å². The molecule has 0 aliphatic heterocycles. The third kappa shape index (κ3) is 3.24. The van der Waals surface area contributed by atoms with Gasteiger partial charge in [0, 0.05) is 23.0 Å². The number of benzene rings is 1. The van der Waals surface area contributed by atoms with E-state index in [4.69, 9.17) is 23.2 Å². The van der Waals surface area contributed by atoms with Gasteiger partial charge >= 0.3 is 0 Å². The number of nitrogens with zero attached hydrogens (tertiary/aromatic N) is 3. The molecule has 0 N–H and O–H groups in total. The van der Waals surface area contributed by atoms with E-state index in [9.17, 15) is 8.42 Å². The molecular formula is C15H11Cl2N3O2S. The van der Waals surface area contributed by atoms with Crippen molar-refractivity contribution in [3.63, 3.8) is 0 Å². The Labute approximate surface area is 143 Å². The van der Waals surface area contributed by atoms with Crippen LogP contribution in [0.1, 0.15) is 0 Å². The lowest BCUT2D eigenvalue weighted by Gasteiger charge is -2.09. The molecule has 0 atom stereocenters. The molecule has 0 unspecified atom stereocenters. The molecule has 0 spiro atoms. The molecule has 0 bridgehead atoms. The minimum atomic E-state index is -3.29. The summed E-state index contributed by atoms with van der Waals surface area (Å²) in [5.74, 6) is 0.538. The van der Waals surface area contributed by atoms with Crippen LogP contribution in [0.15, 0.2) is 53.9 Å². The van der Waals surface area contributed by atoms with Gasteiger partial charge in [0.1, 0.15) is 12.1 Å². The van der Waals surface area contributed by atoms with Gasteiger partial charge in [-0.2, -0.15) is 0 Å². The number of imidazole rings is 1. The van der Waals surface area contributed by atoms with E-state index in [-0.39, 0.29) is 4.90 Å². The topological polar surface area (TPSA) is 64.8 Å². The highest BCUT2D eigenvalue weighted by atomic mass is 35.5. The second-order valence-corrected chi connectivity index (χ2v) is 7.76. The van der Waals surface area contributed by atoms with Crippen molar-refractivity contribution in [1.82, 2.24) is 14.5 Å². The maximum absolute atomic E-state index is 11.5. The van der Waals surface area contributed by atoms with Crippen molar-refractivity contribution in [3.05, 3.63) is 59.1 Å². The van der Waals surface area contributed by atoms with E-state index in [1.807, 2.05) is 0 Å². The predicted molar refractivity (Wildman–Crippen MR) is 89.9 cm³/mol. The Morgan fingerprint density at radius 2 is 1.87 bits per heavy atom. The summed E-state index contributed by atoms with van der Waals surface area (Å²) in [5, 5.41) is 1.03. The number of hydrogen-bond acceptors (Lipinski definition) is 4. The van der Waals surface area contributed by atoms with Crippen molar-refractivity contribution in [3.8, 4) is 17.1 Å². The van der Waals surface area contributed by atoms with E-state index >= 15 is 0 Å². The van der Waals surface area contributed by atoms with Gasteiger partial charge < -0.3 is 0 Å². The van der Waals surface area contributed by atoms with Crippen LogP contribution in [0, 0.1) is 0 Å². The zero-order valence-electron chi connectivity index (χ0n) is 11.9. The van der Waals surface area contributed by atoms with Gasteiger partial charge in [0.2, 0.25) is 0 Å². The molecule has 8 heteroatoms. The molecular weight excluding hydrogens is 357 g/mol. The van der Waals surface area contributed by atoms with E-state index in [2.05, 4.69) is 9.97 Å². The molecule has 0 aliphatic carbocycles. The molecule has 3 rings (SSSR count). The van der Waals surface area contributed by atoms with Crippen molar-refractivity contribution in [2.75, 3.05) is 6.26 Å². The summed E-state index contributed by atoms with van der Waals surface area (Å²) in [6, 6.07) is 8.30. The normalized spacial score (nSPS) is 11.6. The summed E-state index contributed by atoms with van der Waals surface area (Å²) in [4.78, 5) is 8.48. The molecule has 0 aliphatic rings. The van der Waals surface area contributed by atoms with Crippen molar-refractivity contribution in [1.29, 1.82) is 0 Å². The lowest BCUT2D eigenvalue weighted by molar-refractivity contribution is 0.601.